The van der Waals surface area contributed by atoms with Crippen molar-refractivity contribution in [2.24, 2.45) is 5.16 Å². The van der Waals surface area contributed by atoms with Gasteiger partial charge in [0.05, 0.1) is 22.2 Å². The minimum absolute atomic E-state index is 0.0142. The molecule has 190 valence electrons. The Kier molecular flexibility index (Phi) is 7.33. The molecule has 1 amide bonds. The van der Waals surface area contributed by atoms with E-state index in [1.165, 1.54) is 42.5 Å². The normalized spacial score (nSPS) is 17.9. The van der Waals surface area contributed by atoms with E-state index in [-0.39, 0.29) is 37.3 Å². The summed E-state index contributed by atoms with van der Waals surface area (Å²) in [4.78, 5) is 18.0. The van der Waals surface area contributed by atoms with Gasteiger partial charge in [-0.2, -0.15) is 18.4 Å². The van der Waals surface area contributed by atoms with Crippen LogP contribution in [0.2, 0.25) is 10.0 Å². The zero-order valence-electron chi connectivity index (χ0n) is 18.9. The fraction of sp³-hybridized carbons (Fsp3) is 0.160. The molecule has 0 bridgehead atoms. The third-order valence-electron chi connectivity index (χ3n) is 5.68. The van der Waals surface area contributed by atoms with Crippen LogP contribution >= 0.6 is 23.2 Å². The van der Waals surface area contributed by atoms with E-state index in [1.54, 1.807) is 13.0 Å². The minimum atomic E-state index is -4.84. The summed E-state index contributed by atoms with van der Waals surface area (Å²) in [6.07, 6.45) is -5.48. The molecule has 2 atom stereocenters. The average Bonchev–Trinajstić information content (AvgIpc) is 3.30. The van der Waals surface area contributed by atoms with Gasteiger partial charge in [0, 0.05) is 27.6 Å². The molecule has 12 heteroatoms. The lowest BCUT2D eigenvalue weighted by atomic mass is 9.86. The Balaban J connectivity index is 1.56. The van der Waals surface area contributed by atoms with Crippen molar-refractivity contribution in [3.8, 4) is 6.07 Å². The Morgan fingerprint density at radius 1 is 1.14 bits per heavy atom. The first-order chi connectivity index (χ1) is 17.4. The predicted molar refractivity (Wildman–Crippen MR) is 133 cm³/mol. The Hall–Kier alpha value is -3.39. The highest BCUT2D eigenvalue weighted by molar-refractivity contribution is 7.83. The number of nitrogens with zero attached hydrogens (tertiary/aromatic N) is 2. The Bertz CT molecular complexity index is 1480. The van der Waals surface area contributed by atoms with Gasteiger partial charge in [-0.25, -0.2) is 4.21 Å². The first-order valence-electron chi connectivity index (χ1n) is 10.6. The molecule has 1 N–H and O–H groups in total. The summed E-state index contributed by atoms with van der Waals surface area (Å²) < 4.78 is 57.6. The maximum atomic E-state index is 14.2. The van der Waals surface area contributed by atoms with Gasteiger partial charge >= 0.3 is 6.18 Å². The molecule has 2 unspecified atom stereocenters. The summed E-state index contributed by atoms with van der Waals surface area (Å²) in [6.45, 7) is 1.59. The Morgan fingerprint density at radius 3 is 2.46 bits per heavy atom. The van der Waals surface area contributed by atoms with E-state index < -0.39 is 35.1 Å². The smallest absolute Gasteiger partial charge is 0.374 e. The molecule has 0 radical (unpaired) electrons. The van der Waals surface area contributed by atoms with Crippen LogP contribution in [-0.4, -0.2) is 22.0 Å². The highest BCUT2D eigenvalue weighted by Crippen LogP contribution is 2.49. The molecule has 0 saturated heterocycles. The van der Waals surface area contributed by atoms with E-state index in [0.29, 0.717) is 11.1 Å². The second kappa shape index (κ2) is 10.2. The van der Waals surface area contributed by atoms with Crippen LogP contribution in [0, 0.1) is 18.3 Å². The second-order valence-electron chi connectivity index (χ2n) is 8.16. The lowest BCUT2D eigenvalue weighted by Crippen LogP contribution is -2.42. The van der Waals surface area contributed by atoms with Gasteiger partial charge in [0.15, 0.2) is 11.0 Å². The van der Waals surface area contributed by atoms with E-state index in [1.807, 2.05) is 6.07 Å². The number of nitriles is 1. The quantitative estimate of drug-likeness (QED) is 0.398. The minimum Gasteiger partial charge on any atom is -0.374 e. The Labute approximate surface area is 222 Å². The van der Waals surface area contributed by atoms with Crippen molar-refractivity contribution in [1.82, 2.24) is 4.72 Å². The Morgan fingerprint density at radius 2 is 1.84 bits per heavy atom. The van der Waals surface area contributed by atoms with E-state index >= 15 is 0 Å². The molecule has 1 heterocycles. The van der Waals surface area contributed by atoms with Crippen LogP contribution in [0.3, 0.4) is 0 Å². The number of carbonyl (C=O) groups excluding carboxylic acids is 1. The van der Waals surface area contributed by atoms with Crippen LogP contribution in [-0.2, 0) is 21.4 Å². The lowest BCUT2D eigenvalue weighted by Gasteiger charge is -2.29. The van der Waals surface area contributed by atoms with Crippen molar-refractivity contribution in [1.29, 1.82) is 5.26 Å². The number of hydrogen-bond acceptors (Lipinski definition) is 5. The third kappa shape index (κ3) is 5.34. The first-order valence-corrected chi connectivity index (χ1v) is 12.5. The number of aryl methyl sites for hydroxylation is 1. The van der Waals surface area contributed by atoms with Gasteiger partial charge in [-0.3, -0.25) is 9.52 Å². The van der Waals surface area contributed by atoms with Crippen molar-refractivity contribution < 1.29 is 27.0 Å². The molecule has 3 aromatic rings. The molecule has 4 rings (SSSR count). The lowest BCUT2D eigenvalue weighted by molar-refractivity contribution is -0.275. The SMILES string of the molecule is Cc1cc(C2=NOC(c3cc(Cl)cc(Cl)c3)(C(F)(F)F)C2)ccc1C(=O)NS(=O)c1cccc(C#N)c1. The summed E-state index contributed by atoms with van der Waals surface area (Å²) in [7, 11) is -1.93. The summed E-state index contributed by atoms with van der Waals surface area (Å²) in [5.41, 5.74) is -1.87. The van der Waals surface area contributed by atoms with Crippen LogP contribution in [0.1, 0.15) is 39.0 Å². The van der Waals surface area contributed by atoms with Crippen LogP contribution in [0.5, 0.6) is 0 Å². The summed E-state index contributed by atoms with van der Waals surface area (Å²) >= 11 is 11.9. The number of amides is 1. The van der Waals surface area contributed by atoms with Gasteiger partial charge in [0.1, 0.15) is 0 Å². The zero-order valence-corrected chi connectivity index (χ0v) is 21.2. The van der Waals surface area contributed by atoms with E-state index in [2.05, 4.69) is 9.88 Å². The van der Waals surface area contributed by atoms with Crippen LogP contribution in [0.15, 0.2) is 70.7 Å². The fourth-order valence-electron chi connectivity index (χ4n) is 3.82. The van der Waals surface area contributed by atoms with E-state index in [0.717, 1.165) is 12.1 Å². The van der Waals surface area contributed by atoms with Crippen molar-refractivity contribution in [2.45, 2.75) is 30.0 Å². The van der Waals surface area contributed by atoms with Crippen molar-refractivity contribution >= 4 is 45.8 Å². The summed E-state index contributed by atoms with van der Waals surface area (Å²) in [5, 5.41) is 12.7. The van der Waals surface area contributed by atoms with Crippen LogP contribution < -0.4 is 4.72 Å². The van der Waals surface area contributed by atoms with Crippen LogP contribution in [0.25, 0.3) is 0 Å². The van der Waals surface area contributed by atoms with Gasteiger partial charge in [0.2, 0.25) is 0 Å². The van der Waals surface area contributed by atoms with Gasteiger partial charge in [-0.15, -0.1) is 0 Å². The fourth-order valence-corrected chi connectivity index (χ4v) is 5.18. The van der Waals surface area contributed by atoms with Crippen LogP contribution in [0.4, 0.5) is 13.2 Å². The van der Waals surface area contributed by atoms with Crippen molar-refractivity contribution in [3.63, 3.8) is 0 Å². The maximum absolute atomic E-state index is 14.2. The maximum Gasteiger partial charge on any atom is 0.435 e. The highest BCUT2D eigenvalue weighted by Gasteiger charge is 2.62. The molecular formula is C25H16Cl2F3N3O3S. The monoisotopic (exact) mass is 565 g/mol. The number of benzene rings is 3. The number of carbonyl (C=O) groups is 1. The van der Waals surface area contributed by atoms with Gasteiger partial charge in [0.25, 0.3) is 11.5 Å². The second-order valence-corrected chi connectivity index (χ2v) is 10.2. The molecule has 1 aliphatic rings. The van der Waals surface area contributed by atoms with Crippen molar-refractivity contribution in [2.75, 3.05) is 0 Å². The third-order valence-corrected chi connectivity index (χ3v) is 7.17. The highest BCUT2D eigenvalue weighted by atomic mass is 35.5. The predicted octanol–water partition coefficient (Wildman–Crippen LogP) is 6.21. The number of oxime groups is 1. The average molecular weight is 566 g/mol. The van der Waals surface area contributed by atoms with Gasteiger partial charge < -0.3 is 4.84 Å². The number of nitrogens with one attached hydrogen (secondary N) is 1. The summed E-state index contributed by atoms with van der Waals surface area (Å²) in [6, 6.07) is 15.8. The molecule has 0 spiro atoms. The van der Waals surface area contributed by atoms with Crippen molar-refractivity contribution in [3.05, 3.63) is 98.5 Å². The van der Waals surface area contributed by atoms with E-state index in [4.69, 9.17) is 33.3 Å². The molecule has 37 heavy (non-hydrogen) atoms. The van der Waals surface area contributed by atoms with E-state index in [9.17, 15) is 22.2 Å². The molecule has 1 aliphatic heterocycles. The molecule has 0 aromatic heterocycles. The molecular weight excluding hydrogens is 550 g/mol. The largest absolute Gasteiger partial charge is 0.435 e. The number of rotatable bonds is 5. The molecule has 3 aromatic carbocycles. The first kappa shape index (κ1) is 26.7. The summed E-state index contributed by atoms with van der Waals surface area (Å²) in [5.74, 6) is -0.660. The van der Waals surface area contributed by atoms with Gasteiger partial charge in [-0.05, 0) is 66.6 Å². The molecule has 0 aliphatic carbocycles. The van der Waals surface area contributed by atoms with Gasteiger partial charge in [-0.1, -0.05) is 40.5 Å². The molecule has 0 fully saturated rings. The topological polar surface area (TPSA) is 91.5 Å². The number of hydrogen-bond donors (Lipinski definition) is 1. The standard InChI is InChI=1S/C25H16Cl2F3N3O3S/c1-14-7-16(5-6-21(14)23(34)33-37(35)20-4-2-3-15(8-20)13-31)22-12-24(36-32-22,25(28,29)30)17-9-18(26)11-19(27)10-17/h2-11H,12H2,1H3,(H,33,34). The molecule has 0 saturated carbocycles. The molecule has 6 nitrogen and oxygen atoms in total. The number of alkyl halides is 3. The zero-order chi connectivity index (χ0) is 27.0. The number of halogens is 5.